The van der Waals surface area contributed by atoms with Gasteiger partial charge in [-0.05, 0) is 39.2 Å². The highest BCUT2D eigenvalue weighted by Crippen LogP contribution is 2.13. The maximum absolute atomic E-state index is 13.2. The first kappa shape index (κ1) is 13.7. The summed E-state index contributed by atoms with van der Waals surface area (Å²) < 4.78 is 38.7. The molecule has 0 unspecified atom stereocenters. The van der Waals surface area contributed by atoms with Crippen LogP contribution in [-0.2, 0) is 0 Å². The fourth-order valence-corrected chi connectivity index (χ4v) is 1.28. The lowest BCUT2D eigenvalue weighted by Gasteiger charge is -2.06. The summed E-state index contributed by atoms with van der Waals surface area (Å²) in [5, 5.41) is 0. The van der Waals surface area contributed by atoms with Crippen LogP contribution in [0.5, 0.6) is 0 Å². The zero-order valence-corrected chi connectivity index (χ0v) is 9.88. The van der Waals surface area contributed by atoms with Crippen molar-refractivity contribution in [1.82, 2.24) is 4.90 Å². The largest absolute Gasteiger partial charge is 0.309 e. The van der Waals surface area contributed by atoms with E-state index in [1.54, 1.807) is 0 Å². The molecule has 0 aliphatic rings. The van der Waals surface area contributed by atoms with E-state index in [0.717, 1.165) is 19.0 Å². The van der Waals surface area contributed by atoms with Gasteiger partial charge in [-0.2, -0.15) is 0 Å². The highest BCUT2D eigenvalue weighted by atomic mass is 19.2. The Balaban J connectivity index is 2.57. The van der Waals surface area contributed by atoms with E-state index < -0.39 is 17.5 Å². The van der Waals surface area contributed by atoms with Crippen molar-refractivity contribution in [3.05, 3.63) is 35.1 Å². The third kappa shape index (κ3) is 4.19. The molecule has 0 bridgehead atoms. The number of nitrogens with zero attached hydrogens (tertiary/aromatic N) is 2. The first-order valence-electron chi connectivity index (χ1n) is 5.30. The molecule has 0 saturated heterocycles. The van der Waals surface area contributed by atoms with Gasteiger partial charge in [-0.3, -0.25) is 4.99 Å². The molecule has 0 radical (unpaired) electrons. The van der Waals surface area contributed by atoms with E-state index in [4.69, 9.17) is 0 Å². The van der Waals surface area contributed by atoms with Gasteiger partial charge in [0, 0.05) is 18.3 Å². The maximum atomic E-state index is 13.2. The Morgan fingerprint density at radius 1 is 1.18 bits per heavy atom. The number of rotatable bonds is 5. The van der Waals surface area contributed by atoms with Crippen LogP contribution in [0.25, 0.3) is 0 Å². The molecule has 0 aromatic heterocycles. The van der Waals surface area contributed by atoms with Crippen LogP contribution in [0.1, 0.15) is 12.0 Å². The third-order valence-electron chi connectivity index (χ3n) is 2.19. The topological polar surface area (TPSA) is 15.6 Å². The molecule has 0 heterocycles. The van der Waals surface area contributed by atoms with Gasteiger partial charge in [-0.15, -0.1) is 0 Å². The first-order chi connectivity index (χ1) is 8.02. The van der Waals surface area contributed by atoms with E-state index in [2.05, 4.69) is 4.99 Å². The molecular formula is C12H15F3N2. The van der Waals surface area contributed by atoms with Crippen molar-refractivity contribution in [2.75, 3.05) is 27.2 Å². The first-order valence-corrected chi connectivity index (χ1v) is 5.30. The molecule has 0 N–H and O–H groups in total. The summed E-state index contributed by atoms with van der Waals surface area (Å²) >= 11 is 0. The van der Waals surface area contributed by atoms with Crippen molar-refractivity contribution in [3.63, 3.8) is 0 Å². The minimum atomic E-state index is -1.46. The zero-order chi connectivity index (χ0) is 12.8. The fourth-order valence-electron chi connectivity index (χ4n) is 1.28. The van der Waals surface area contributed by atoms with Crippen molar-refractivity contribution in [2.24, 2.45) is 4.99 Å². The van der Waals surface area contributed by atoms with Gasteiger partial charge >= 0.3 is 0 Å². The van der Waals surface area contributed by atoms with Gasteiger partial charge in [-0.25, -0.2) is 13.2 Å². The molecule has 1 rings (SSSR count). The molecule has 1 aromatic carbocycles. The Labute approximate surface area is 98.8 Å². The van der Waals surface area contributed by atoms with Crippen LogP contribution in [0.3, 0.4) is 0 Å². The number of benzene rings is 1. The minimum Gasteiger partial charge on any atom is -0.309 e. The molecule has 0 aliphatic carbocycles. The smallest absolute Gasteiger partial charge is 0.195 e. The summed E-state index contributed by atoms with van der Waals surface area (Å²) in [7, 11) is 3.89. The standard InChI is InChI=1S/C12H15F3N2/c1-17(2)7-3-6-16-8-9-4-5-10(13)12(15)11(9)14/h4-5,8H,3,6-7H2,1-2H3. The summed E-state index contributed by atoms with van der Waals surface area (Å²) in [5.41, 5.74) is -0.0336. The summed E-state index contributed by atoms with van der Waals surface area (Å²) in [6.45, 7) is 1.40. The van der Waals surface area contributed by atoms with Crippen LogP contribution >= 0.6 is 0 Å². The Morgan fingerprint density at radius 2 is 1.88 bits per heavy atom. The predicted octanol–water partition coefficient (Wildman–Crippen LogP) is 2.47. The molecule has 0 aliphatic heterocycles. The van der Waals surface area contributed by atoms with Gasteiger partial charge in [-0.1, -0.05) is 0 Å². The molecule has 5 heteroatoms. The fraction of sp³-hybridized carbons (Fsp3) is 0.417. The van der Waals surface area contributed by atoms with Gasteiger partial charge in [0.2, 0.25) is 0 Å². The van der Waals surface area contributed by atoms with Gasteiger partial charge < -0.3 is 4.90 Å². The zero-order valence-electron chi connectivity index (χ0n) is 9.88. The lowest BCUT2D eigenvalue weighted by Crippen LogP contribution is -2.13. The Morgan fingerprint density at radius 3 is 2.53 bits per heavy atom. The SMILES string of the molecule is CN(C)CCCN=Cc1ccc(F)c(F)c1F. The molecule has 0 amide bonds. The number of halogens is 3. The third-order valence-corrected chi connectivity index (χ3v) is 2.19. The highest BCUT2D eigenvalue weighted by molar-refractivity contribution is 5.79. The molecule has 0 fully saturated rings. The summed E-state index contributed by atoms with van der Waals surface area (Å²) in [6, 6.07) is 2.06. The number of aliphatic imine (C=N–C) groups is 1. The van der Waals surface area contributed by atoms with Crippen molar-refractivity contribution < 1.29 is 13.2 Å². The van der Waals surface area contributed by atoms with Crippen molar-refractivity contribution in [2.45, 2.75) is 6.42 Å². The lowest BCUT2D eigenvalue weighted by molar-refractivity contribution is 0.403. The normalized spacial score (nSPS) is 11.6. The van der Waals surface area contributed by atoms with Crippen LogP contribution in [0.4, 0.5) is 13.2 Å². The highest BCUT2D eigenvalue weighted by Gasteiger charge is 2.11. The molecule has 0 atom stereocenters. The Bertz CT molecular complexity index is 403. The van der Waals surface area contributed by atoms with Crippen LogP contribution in [0, 0.1) is 17.5 Å². The summed E-state index contributed by atoms with van der Waals surface area (Å²) in [5.74, 6) is -3.84. The molecule has 1 aromatic rings. The predicted molar refractivity (Wildman–Crippen MR) is 61.9 cm³/mol. The molecule has 17 heavy (non-hydrogen) atoms. The van der Waals surface area contributed by atoms with E-state index in [1.807, 2.05) is 19.0 Å². The van der Waals surface area contributed by atoms with E-state index in [-0.39, 0.29) is 5.56 Å². The van der Waals surface area contributed by atoms with Crippen LogP contribution in [0.15, 0.2) is 17.1 Å². The van der Waals surface area contributed by atoms with Crippen LogP contribution in [0.2, 0.25) is 0 Å². The molecule has 2 nitrogen and oxygen atoms in total. The Hall–Kier alpha value is -1.36. The summed E-state index contributed by atoms with van der Waals surface area (Å²) in [4.78, 5) is 5.97. The van der Waals surface area contributed by atoms with Crippen LogP contribution in [-0.4, -0.2) is 38.3 Å². The van der Waals surface area contributed by atoms with E-state index >= 15 is 0 Å². The average molecular weight is 244 g/mol. The van der Waals surface area contributed by atoms with Gasteiger partial charge in [0.05, 0.1) is 0 Å². The van der Waals surface area contributed by atoms with Crippen molar-refractivity contribution in [1.29, 1.82) is 0 Å². The maximum Gasteiger partial charge on any atom is 0.195 e. The van der Waals surface area contributed by atoms with Crippen molar-refractivity contribution >= 4 is 6.21 Å². The van der Waals surface area contributed by atoms with E-state index in [9.17, 15) is 13.2 Å². The van der Waals surface area contributed by atoms with E-state index in [0.29, 0.717) is 6.54 Å². The minimum absolute atomic E-state index is 0.0336. The van der Waals surface area contributed by atoms with Gasteiger partial charge in [0.1, 0.15) is 0 Å². The van der Waals surface area contributed by atoms with Crippen molar-refractivity contribution in [3.8, 4) is 0 Å². The molecule has 0 spiro atoms. The molecule has 94 valence electrons. The lowest BCUT2D eigenvalue weighted by atomic mass is 10.2. The van der Waals surface area contributed by atoms with Gasteiger partial charge in [0.15, 0.2) is 17.5 Å². The number of hydrogen-bond donors (Lipinski definition) is 0. The second-order valence-electron chi connectivity index (χ2n) is 3.96. The quantitative estimate of drug-likeness (QED) is 0.441. The number of hydrogen-bond acceptors (Lipinski definition) is 2. The second-order valence-corrected chi connectivity index (χ2v) is 3.96. The van der Waals surface area contributed by atoms with Gasteiger partial charge in [0.25, 0.3) is 0 Å². The molecule has 0 saturated carbocycles. The second kappa shape index (κ2) is 6.39. The van der Waals surface area contributed by atoms with Crippen LogP contribution < -0.4 is 0 Å². The Kier molecular flexibility index (Phi) is 5.15. The summed E-state index contributed by atoms with van der Waals surface area (Å²) in [6.07, 6.45) is 2.06. The molecular weight excluding hydrogens is 229 g/mol. The monoisotopic (exact) mass is 244 g/mol. The van der Waals surface area contributed by atoms with E-state index in [1.165, 1.54) is 12.3 Å². The average Bonchev–Trinajstić information content (AvgIpc) is 2.28.